The van der Waals surface area contributed by atoms with Crippen molar-refractivity contribution in [2.45, 2.75) is 19.2 Å². The highest BCUT2D eigenvalue weighted by molar-refractivity contribution is 7.85. The Kier molecular flexibility index (Phi) is 4.49. The second-order valence-corrected chi connectivity index (χ2v) is 5.29. The molecule has 0 radical (unpaired) electrons. The first-order valence-corrected chi connectivity index (χ1v) is 6.73. The van der Waals surface area contributed by atoms with Crippen molar-refractivity contribution in [1.82, 2.24) is 4.57 Å². The number of hydrogen-bond acceptors (Lipinski definition) is 5. The lowest BCUT2D eigenvalue weighted by Gasteiger charge is -2.12. The van der Waals surface area contributed by atoms with Gasteiger partial charge in [-0.05, 0) is 12.5 Å². The van der Waals surface area contributed by atoms with E-state index in [9.17, 15) is 18.3 Å². The Morgan fingerprint density at radius 1 is 1.44 bits per heavy atom. The van der Waals surface area contributed by atoms with Crippen LogP contribution in [-0.2, 0) is 27.2 Å². The van der Waals surface area contributed by atoms with Crippen LogP contribution in [0.4, 0.5) is 0 Å². The normalized spacial score (nSPS) is 11.7. The molecule has 0 aliphatic carbocycles. The number of rotatable bonds is 5. The predicted octanol–water partition coefficient (Wildman–Crippen LogP) is -0.103. The Morgan fingerprint density at radius 3 is 2.56 bits per heavy atom. The van der Waals surface area contributed by atoms with Crippen LogP contribution in [0, 0.1) is 6.92 Å². The number of ether oxygens (including phenoxy) is 1. The summed E-state index contributed by atoms with van der Waals surface area (Å²) in [6.45, 7) is 1.78. The van der Waals surface area contributed by atoms with Crippen molar-refractivity contribution in [3.63, 3.8) is 0 Å². The summed E-state index contributed by atoms with van der Waals surface area (Å²) in [4.78, 5) is 12.0. The predicted molar refractivity (Wildman–Crippen MR) is 64.2 cm³/mol. The Hall–Kier alpha value is -1.38. The van der Waals surface area contributed by atoms with Gasteiger partial charge in [0.25, 0.3) is 15.7 Å². The fourth-order valence-electron chi connectivity index (χ4n) is 1.55. The molecular weight excluding hydrogens is 262 g/mol. The molecule has 2 N–H and O–H groups in total. The van der Waals surface area contributed by atoms with E-state index in [1.54, 1.807) is 0 Å². The third-order valence-electron chi connectivity index (χ3n) is 2.45. The summed E-state index contributed by atoms with van der Waals surface area (Å²) in [7, 11) is -2.86. The molecule has 8 heteroatoms. The molecule has 7 nitrogen and oxygen atoms in total. The van der Waals surface area contributed by atoms with E-state index < -0.39 is 21.4 Å². The summed E-state index contributed by atoms with van der Waals surface area (Å²) >= 11 is 0. The molecule has 0 aliphatic rings. The number of aromatic hydroxyl groups is 1. The van der Waals surface area contributed by atoms with Crippen LogP contribution < -0.4 is 5.56 Å². The van der Waals surface area contributed by atoms with Gasteiger partial charge < -0.3 is 9.84 Å². The van der Waals surface area contributed by atoms with Crippen molar-refractivity contribution in [3.8, 4) is 5.88 Å². The minimum absolute atomic E-state index is 0.0635. The van der Waals surface area contributed by atoms with E-state index in [0.29, 0.717) is 5.56 Å². The van der Waals surface area contributed by atoms with Crippen LogP contribution in [0.3, 0.4) is 0 Å². The third kappa shape index (κ3) is 3.56. The SMILES string of the molecule is COCCn1c(O)cc(C)c(CS(=O)(=O)O)c1=O. The zero-order valence-corrected chi connectivity index (χ0v) is 10.9. The van der Waals surface area contributed by atoms with Gasteiger partial charge in [0.1, 0.15) is 5.75 Å². The maximum absolute atomic E-state index is 12.0. The van der Waals surface area contributed by atoms with Crippen LogP contribution in [0.5, 0.6) is 5.88 Å². The Morgan fingerprint density at radius 2 is 2.06 bits per heavy atom. The van der Waals surface area contributed by atoms with E-state index in [4.69, 9.17) is 9.29 Å². The molecule has 0 bridgehead atoms. The molecule has 0 atom stereocenters. The molecule has 0 saturated heterocycles. The van der Waals surface area contributed by atoms with Crippen molar-refractivity contribution in [2.24, 2.45) is 0 Å². The van der Waals surface area contributed by atoms with Gasteiger partial charge in [-0.3, -0.25) is 13.9 Å². The average molecular weight is 277 g/mol. The quantitative estimate of drug-likeness (QED) is 0.728. The number of methoxy groups -OCH3 is 1. The van der Waals surface area contributed by atoms with Gasteiger partial charge in [-0.1, -0.05) is 0 Å². The van der Waals surface area contributed by atoms with Gasteiger partial charge >= 0.3 is 0 Å². The molecule has 0 amide bonds. The summed E-state index contributed by atoms with van der Waals surface area (Å²) in [6, 6.07) is 1.28. The van der Waals surface area contributed by atoms with Crippen LogP contribution in [-0.4, -0.2) is 36.4 Å². The van der Waals surface area contributed by atoms with Crippen molar-refractivity contribution in [1.29, 1.82) is 0 Å². The van der Waals surface area contributed by atoms with Crippen molar-refractivity contribution in [3.05, 3.63) is 27.5 Å². The molecule has 102 valence electrons. The fraction of sp³-hybridized carbons (Fsp3) is 0.500. The first-order valence-electron chi connectivity index (χ1n) is 5.12. The number of pyridine rings is 1. The van der Waals surface area contributed by atoms with E-state index in [2.05, 4.69) is 0 Å². The highest BCUT2D eigenvalue weighted by atomic mass is 32.2. The van der Waals surface area contributed by atoms with Gasteiger partial charge in [0, 0.05) is 18.7 Å². The van der Waals surface area contributed by atoms with Gasteiger partial charge in [-0.2, -0.15) is 8.42 Å². The van der Waals surface area contributed by atoms with Crippen LogP contribution in [0.1, 0.15) is 11.1 Å². The molecule has 0 unspecified atom stereocenters. The summed E-state index contributed by atoms with van der Waals surface area (Å²) in [5.41, 5.74) is -0.405. The van der Waals surface area contributed by atoms with Crippen LogP contribution >= 0.6 is 0 Å². The van der Waals surface area contributed by atoms with Crippen LogP contribution in [0.25, 0.3) is 0 Å². The zero-order chi connectivity index (χ0) is 13.9. The molecule has 0 spiro atoms. The minimum Gasteiger partial charge on any atom is -0.494 e. The smallest absolute Gasteiger partial charge is 0.269 e. The molecule has 18 heavy (non-hydrogen) atoms. The number of aromatic nitrogens is 1. The molecule has 1 aromatic rings. The number of aryl methyl sites for hydroxylation is 1. The highest BCUT2D eigenvalue weighted by Gasteiger charge is 2.17. The molecule has 1 rings (SSSR count). The average Bonchev–Trinajstić information content (AvgIpc) is 2.23. The molecule has 1 aromatic heterocycles. The monoisotopic (exact) mass is 277 g/mol. The van der Waals surface area contributed by atoms with Gasteiger partial charge in [0.15, 0.2) is 5.88 Å². The lowest BCUT2D eigenvalue weighted by molar-refractivity contribution is 0.182. The van der Waals surface area contributed by atoms with Crippen molar-refractivity contribution in [2.75, 3.05) is 13.7 Å². The van der Waals surface area contributed by atoms with Gasteiger partial charge in [-0.25, -0.2) is 0 Å². The molecular formula is C10H15NO6S. The van der Waals surface area contributed by atoms with E-state index >= 15 is 0 Å². The second kappa shape index (κ2) is 5.51. The van der Waals surface area contributed by atoms with Crippen LogP contribution in [0.15, 0.2) is 10.9 Å². The van der Waals surface area contributed by atoms with Crippen molar-refractivity contribution < 1.29 is 22.8 Å². The molecule has 0 aliphatic heterocycles. The Bertz CT molecular complexity index is 589. The van der Waals surface area contributed by atoms with E-state index in [1.807, 2.05) is 0 Å². The van der Waals surface area contributed by atoms with Crippen molar-refractivity contribution >= 4 is 10.1 Å². The standard InChI is InChI=1S/C10H15NO6S/c1-7-5-9(12)11(3-4-17-2)10(13)8(7)6-18(14,15)16/h5,12H,3-4,6H2,1-2H3,(H,14,15,16). The molecule has 1 heterocycles. The fourth-order valence-corrected chi connectivity index (χ4v) is 2.27. The summed E-state index contributed by atoms with van der Waals surface area (Å²) in [5.74, 6) is -1.04. The maximum Gasteiger partial charge on any atom is 0.269 e. The largest absolute Gasteiger partial charge is 0.494 e. The second-order valence-electron chi connectivity index (χ2n) is 3.84. The Balaban J connectivity index is 3.31. The first kappa shape index (κ1) is 14.7. The van der Waals surface area contributed by atoms with E-state index in [-0.39, 0.29) is 24.6 Å². The van der Waals surface area contributed by atoms with E-state index in [1.165, 1.54) is 20.1 Å². The maximum atomic E-state index is 12.0. The summed E-state index contributed by atoms with van der Waals surface area (Å²) in [5, 5.41) is 9.62. The van der Waals surface area contributed by atoms with Gasteiger partial charge in [0.2, 0.25) is 0 Å². The first-order chi connectivity index (χ1) is 8.26. The molecule has 0 aromatic carbocycles. The van der Waals surface area contributed by atoms with Gasteiger partial charge in [-0.15, -0.1) is 0 Å². The number of nitrogens with zero attached hydrogens (tertiary/aromatic N) is 1. The third-order valence-corrected chi connectivity index (χ3v) is 3.10. The number of hydrogen-bond donors (Lipinski definition) is 2. The lowest BCUT2D eigenvalue weighted by atomic mass is 10.2. The molecule has 0 fully saturated rings. The minimum atomic E-state index is -4.30. The topological polar surface area (TPSA) is 106 Å². The molecule has 0 saturated carbocycles. The zero-order valence-electron chi connectivity index (χ0n) is 10.1. The Labute approximate surface area is 104 Å². The van der Waals surface area contributed by atoms with Crippen LogP contribution in [0.2, 0.25) is 0 Å². The lowest BCUT2D eigenvalue weighted by Crippen LogP contribution is -2.27. The van der Waals surface area contributed by atoms with E-state index in [0.717, 1.165) is 4.57 Å². The van der Waals surface area contributed by atoms with Gasteiger partial charge in [0.05, 0.1) is 13.2 Å². The summed E-state index contributed by atoms with van der Waals surface area (Å²) in [6.07, 6.45) is 0. The summed E-state index contributed by atoms with van der Waals surface area (Å²) < 4.78 is 36.2. The highest BCUT2D eigenvalue weighted by Crippen LogP contribution is 2.14.